The summed E-state index contributed by atoms with van der Waals surface area (Å²) in [4.78, 5) is 32.9. The molecule has 2 aromatic carbocycles. The molecule has 3 N–H and O–H groups in total. The molecule has 1 aliphatic rings. The lowest BCUT2D eigenvalue weighted by atomic mass is 10.00. The fourth-order valence-electron chi connectivity index (χ4n) is 2.89. The number of amidine groups is 1. The zero-order valence-electron chi connectivity index (χ0n) is 15.7. The van der Waals surface area contributed by atoms with E-state index in [4.69, 9.17) is 10.5 Å². The van der Waals surface area contributed by atoms with Crippen molar-refractivity contribution in [2.75, 3.05) is 13.7 Å². The quantitative estimate of drug-likeness (QED) is 0.614. The second-order valence-corrected chi connectivity index (χ2v) is 6.16. The van der Waals surface area contributed by atoms with Gasteiger partial charge in [0.05, 0.1) is 19.4 Å². The van der Waals surface area contributed by atoms with Gasteiger partial charge >= 0.3 is 5.97 Å². The zero-order chi connectivity index (χ0) is 20.1. The molecule has 2 aromatic rings. The van der Waals surface area contributed by atoms with Crippen molar-refractivity contribution < 1.29 is 19.2 Å². The molecule has 1 heterocycles. The number of aliphatic imine (C=N–C) groups is 1. The summed E-state index contributed by atoms with van der Waals surface area (Å²) in [7, 11) is 1.38. The number of hydroxylamine groups is 1. The van der Waals surface area contributed by atoms with Crippen LogP contribution in [0.1, 0.15) is 29.3 Å². The van der Waals surface area contributed by atoms with Crippen LogP contribution < -0.4 is 11.2 Å². The number of benzene rings is 2. The van der Waals surface area contributed by atoms with E-state index in [0.29, 0.717) is 29.3 Å². The number of nitrogens with one attached hydrogen (secondary N) is 1. The standard InChI is InChI=1S/C21H21N3O4/c1-3-28-21(26)17-10-16-9-8-15(11-18(16)23-19(22)12-17)13-4-6-14(7-5-13)20(25)24-27-2/h4-11H,3,12H2,1-2H3,(H2,22,23)(H,24,25). The molecule has 0 radical (unpaired) electrons. The summed E-state index contributed by atoms with van der Waals surface area (Å²) in [5.74, 6) is -0.353. The number of hydrogen-bond acceptors (Lipinski definition) is 6. The molecule has 0 fully saturated rings. The highest BCUT2D eigenvalue weighted by molar-refractivity contribution is 6.03. The summed E-state index contributed by atoms with van der Waals surface area (Å²) < 4.78 is 5.08. The predicted octanol–water partition coefficient (Wildman–Crippen LogP) is 2.98. The summed E-state index contributed by atoms with van der Waals surface area (Å²) in [6.07, 6.45) is 2.00. The van der Waals surface area contributed by atoms with Crippen LogP contribution in [0, 0.1) is 0 Å². The third-order valence-electron chi connectivity index (χ3n) is 4.21. The number of amides is 1. The van der Waals surface area contributed by atoms with E-state index < -0.39 is 0 Å². The van der Waals surface area contributed by atoms with Gasteiger partial charge in [-0.3, -0.25) is 9.63 Å². The molecule has 0 unspecified atom stereocenters. The number of ether oxygens (including phenoxy) is 1. The first kappa shape index (κ1) is 19.3. The second-order valence-electron chi connectivity index (χ2n) is 6.16. The number of rotatable bonds is 5. The van der Waals surface area contributed by atoms with E-state index in [1.54, 1.807) is 25.1 Å². The van der Waals surface area contributed by atoms with Gasteiger partial charge in [0, 0.05) is 23.1 Å². The van der Waals surface area contributed by atoms with E-state index in [2.05, 4.69) is 15.3 Å². The number of nitrogens with two attached hydrogens (primary N) is 1. The normalized spacial score (nSPS) is 12.9. The van der Waals surface area contributed by atoms with Crippen LogP contribution in [0.3, 0.4) is 0 Å². The van der Waals surface area contributed by atoms with E-state index in [9.17, 15) is 9.59 Å². The van der Waals surface area contributed by atoms with Gasteiger partial charge in [-0.05, 0) is 42.3 Å². The average Bonchev–Trinajstić information content (AvgIpc) is 2.86. The number of esters is 1. The maximum Gasteiger partial charge on any atom is 0.334 e. The third-order valence-corrected chi connectivity index (χ3v) is 4.21. The highest BCUT2D eigenvalue weighted by Crippen LogP contribution is 2.32. The fraction of sp³-hybridized carbons (Fsp3) is 0.190. The average molecular weight is 379 g/mol. The zero-order valence-corrected chi connectivity index (χ0v) is 15.7. The second kappa shape index (κ2) is 8.49. The molecule has 28 heavy (non-hydrogen) atoms. The Morgan fingerprint density at radius 2 is 1.86 bits per heavy atom. The predicted molar refractivity (Wildman–Crippen MR) is 107 cm³/mol. The Morgan fingerprint density at radius 3 is 2.54 bits per heavy atom. The van der Waals surface area contributed by atoms with E-state index in [1.807, 2.05) is 30.3 Å². The van der Waals surface area contributed by atoms with E-state index in [0.717, 1.165) is 16.7 Å². The molecular formula is C21H21N3O4. The molecular weight excluding hydrogens is 358 g/mol. The molecule has 0 saturated heterocycles. The Bertz CT molecular complexity index is 962. The Kier molecular flexibility index (Phi) is 5.86. The maximum absolute atomic E-state index is 12.1. The smallest absolute Gasteiger partial charge is 0.334 e. The Morgan fingerprint density at radius 1 is 1.14 bits per heavy atom. The van der Waals surface area contributed by atoms with Crippen LogP contribution in [0.4, 0.5) is 5.69 Å². The molecule has 1 aliphatic heterocycles. The van der Waals surface area contributed by atoms with Crippen LogP contribution in [0.25, 0.3) is 17.2 Å². The van der Waals surface area contributed by atoms with Crippen LogP contribution in [-0.4, -0.2) is 31.4 Å². The van der Waals surface area contributed by atoms with Gasteiger partial charge in [-0.1, -0.05) is 24.3 Å². The van der Waals surface area contributed by atoms with Crippen molar-refractivity contribution in [3.63, 3.8) is 0 Å². The lowest BCUT2D eigenvalue weighted by molar-refractivity contribution is -0.138. The number of nitrogens with zero attached hydrogens (tertiary/aromatic N) is 1. The van der Waals surface area contributed by atoms with Crippen molar-refractivity contribution in [3.05, 3.63) is 59.2 Å². The molecule has 0 saturated carbocycles. The summed E-state index contributed by atoms with van der Waals surface area (Å²) in [5.41, 5.74) is 12.5. The molecule has 0 aromatic heterocycles. The summed E-state index contributed by atoms with van der Waals surface area (Å²) in [5, 5.41) is 0. The SMILES string of the molecule is CCOC(=O)C1=Cc2ccc(-c3ccc(C(=O)NOC)cc3)cc2N=C(N)C1. The highest BCUT2D eigenvalue weighted by Gasteiger charge is 2.17. The summed E-state index contributed by atoms with van der Waals surface area (Å²) in [6, 6.07) is 12.8. The van der Waals surface area contributed by atoms with Crippen molar-refractivity contribution in [2.24, 2.45) is 10.7 Å². The largest absolute Gasteiger partial charge is 0.463 e. The molecule has 0 atom stereocenters. The van der Waals surface area contributed by atoms with Crippen LogP contribution >= 0.6 is 0 Å². The summed E-state index contributed by atoms with van der Waals surface area (Å²) >= 11 is 0. The number of fused-ring (bicyclic) bond motifs is 1. The molecule has 0 bridgehead atoms. The van der Waals surface area contributed by atoms with Gasteiger partial charge in [0.15, 0.2) is 0 Å². The van der Waals surface area contributed by atoms with Crippen molar-refractivity contribution in [2.45, 2.75) is 13.3 Å². The van der Waals surface area contributed by atoms with Gasteiger partial charge in [-0.15, -0.1) is 0 Å². The van der Waals surface area contributed by atoms with Crippen LogP contribution in [0.15, 0.2) is 53.0 Å². The minimum absolute atomic E-state index is 0.242. The van der Waals surface area contributed by atoms with Gasteiger partial charge in [0.25, 0.3) is 5.91 Å². The number of carbonyl (C=O) groups is 2. The van der Waals surface area contributed by atoms with Crippen LogP contribution in [0.5, 0.6) is 0 Å². The van der Waals surface area contributed by atoms with E-state index in [-0.39, 0.29) is 18.3 Å². The van der Waals surface area contributed by atoms with E-state index in [1.165, 1.54) is 7.11 Å². The molecule has 3 rings (SSSR count). The van der Waals surface area contributed by atoms with E-state index >= 15 is 0 Å². The minimum atomic E-state index is -0.387. The summed E-state index contributed by atoms with van der Waals surface area (Å²) in [6.45, 7) is 2.06. The van der Waals surface area contributed by atoms with Gasteiger partial charge in [-0.2, -0.15) is 0 Å². The first-order valence-electron chi connectivity index (χ1n) is 8.80. The maximum atomic E-state index is 12.1. The van der Waals surface area contributed by atoms with Gasteiger partial charge in [0.1, 0.15) is 5.84 Å². The van der Waals surface area contributed by atoms with Crippen molar-refractivity contribution in [3.8, 4) is 11.1 Å². The monoisotopic (exact) mass is 379 g/mol. The van der Waals surface area contributed by atoms with Crippen LogP contribution in [-0.2, 0) is 14.4 Å². The Hall–Kier alpha value is -3.45. The van der Waals surface area contributed by atoms with Crippen LogP contribution in [0.2, 0.25) is 0 Å². The molecule has 144 valence electrons. The first-order valence-corrected chi connectivity index (χ1v) is 8.80. The van der Waals surface area contributed by atoms with Crippen molar-refractivity contribution in [1.29, 1.82) is 0 Å². The molecule has 7 nitrogen and oxygen atoms in total. The van der Waals surface area contributed by atoms with Gasteiger partial charge in [-0.25, -0.2) is 15.3 Å². The lowest BCUT2D eigenvalue weighted by Crippen LogP contribution is -2.21. The number of carbonyl (C=O) groups excluding carboxylic acids is 2. The fourth-order valence-corrected chi connectivity index (χ4v) is 2.89. The minimum Gasteiger partial charge on any atom is -0.463 e. The Balaban J connectivity index is 1.92. The molecule has 0 spiro atoms. The number of hydrogen-bond donors (Lipinski definition) is 2. The van der Waals surface area contributed by atoms with Crippen molar-refractivity contribution >= 4 is 29.5 Å². The Labute approximate surface area is 162 Å². The van der Waals surface area contributed by atoms with Gasteiger partial charge < -0.3 is 10.5 Å². The molecule has 1 amide bonds. The van der Waals surface area contributed by atoms with Gasteiger partial charge in [0.2, 0.25) is 0 Å². The van der Waals surface area contributed by atoms with Crippen molar-refractivity contribution in [1.82, 2.24) is 5.48 Å². The molecule has 0 aliphatic carbocycles. The third kappa shape index (κ3) is 4.27. The highest BCUT2D eigenvalue weighted by atomic mass is 16.6. The molecule has 7 heteroatoms. The topological polar surface area (TPSA) is 103 Å². The lowest BCUT2D eigenvalue weighted by Gasteiger charge is -2.07. The first-order chi connectivity index (χ1) is 13.5.